The van der Waals surface area contributed by atoms with E-state index in [-0.39, 0.29) is 5.25 Å². The Labute approximate surface area is 85.1 Å². The van der Waals surface area contributed by atoms with E-state index in [1.807, 2.05) is 6.92 Å². The molecule has 1 aromatic rings. The molecule has 1 heterocycles. The van der Waals surface area contributed by atoms with Crippen LogP contribution in [0.1, 0.15) is 24.2 Å². The minimum absolute atomic E-state index is 0.0105. The maximum absolute atomic E-state index is 13.3. The van der Waals surface area contributed by atoms with Crippen molar-refractivity contribution in [2.24, 2.45) is 0 Å². The summed E-state index contributed by atoms with van der Waals surface area (Å²) in [5, 5.41) is 9.71. The summed E-state index contributed by atoms with van der Waals surface area (Å²) in [5.74, 6) is -0.683. The number of rotatable bonds is 0. The van der Waals surface area contributed by atoms with E-state index in [2.05, 4.69) is 0 Å². The number of hydrogen-bond acceptors (Lipinski definition) is 2. The van der Waals surface area contributed by atoms with Crippen LogP contribution < -0.4 is 0 Å². The van der Waals surface area contributed by atoms with E-state index in [1.165, 1.54) is 17.8 Å². The highest BCUT2D eigenvalue weighted by molar-refractivity contribution is 7.99. The molecule has 2 atom stereocenters. The largest absolute Gasteiger partial charge is 0.387 e. The SMILES string of the molecule is CC1SCc2c(F)cc(F)cc2C1O. The predicted octanol–water partition coefficient (Wildman–Crippen LogP) is 2.63. The minimum Gasteiger partial charge on any atom is -0.387 e. The van der Waals surface area contributed by atoms with E-state index in [1.54, 1.807) is 0 Å². The number of aliphatic hydroxyl groups is 1. The molecule has 0 fully saturated rings. The van der Waals surface area contributed by atoms with Crippen LogP contribution in [0.5, 0.6) is 0 Å². The van der Waals surface area contributed by atoms with Crippen molar-refractivity contribution < 1.29 is 13.9 Å². The van der Waals surface area contributed by atoms with Crippen molar-refractivity contribution in [2.75, 3.05) is 0 Å². The zero-order chi connectivity index (χ0) is 10.3. The van der Waals surface area contributed by atoms with E-state index >= 15 is 0 Å². The Kier molecular flexibility index (Phi) is 2.49. The molecule has 0 spiro atoms. The van der Waals surface area contributed by atoms with Crippen LogP contribution in [0.15, 0.2) is 12.1 Å². The van der Waals surface area contributed by atoms with Crippen molar-refractivity contribution in [3.05, 3.63) is 34.9 Å². The zero-order valence-electron chi connectivity index (χ0n) is 7.63. The monoisotopic (exact) mass is 216 g/mol. The molecule has 1 aromatic carbocycles. The molecule has 0 bridgehead atoms. The summed E-state index contributed by atoms with van der Waals surface area (Å²) < 4.78 is 26.2. The quantitative estimate of drug-likeness (QED) is 0.719. The van der Waals surface area contributed by atoms with E-state index in [0.717, 1.165) is 6.07 Å². The van der Waals surface area contributed by atoms with Gasteiger partial charge in [0.1, 0.15) is 11.6 Å². The highest BCUT2D eigenvalue weighted by Gasteiger charge is 2.27. The number of fused-ring (bicyclic) bond motifs is 1. The van der Waals surface area contributed by atoms with Crippen LogP contribution in [0.3, 0.4) is 0 Å². The first-order valence-corrected chi connectivity index (χ1v) is 5.42. The Hall–Kier alpha value is -0.610. The van der Waals surface area contributed by atoms with Crippen molar-refractivity contribution in [2.45, 2.75) is 24.0 Å². The van der Waals surface area contributed by atoms with E-state index < -0.39 is 17.7 Å². The lowest BCUT2D eigenvalue weighted by molar-refractivity contribution is 0.175. The summed E-state index contributed by atoms with van der Waals surface area (Å²) >= 11 is 1.48. The van der Waals surface area contributed by atoms with Crippen LogP contribution in [0.4, 0.5) is 8.78 Å². The van der Waals surface area contributed by atoms with Gasteiger partial charge in [0, 0.05) is 22.6 Å². The fourth-order valence-corrected chi connectivity index (χ4v) is 2.66. The molecular formula is C10H10F2OS. The first-order chi connectivity index (χ1) is 6.59. The standard InChI is InChI=1S/C10H10F2OS/c1-5-10(13)7-2-6(11)3-9(12)8(7)4-14-5/h2-3,5,10,13H,4H2,1H3. The fraction of sp³-hybridized carbons (Fsp3) is 0.400. The topological polar surface area (TPSA) is 20.2 Å². The van der Waals surface area contributed by atoms with Crippen molar-refractivity contribution in [1.29, 1.82) is 0 Å². The summed E-state index contributed by atoms with van der Waals surface area (Å²) in [5.41, 5.74) is 0.829. The van der Waals surface area contributed by atoms with Crippen LogP contribution in [-0.4, -0.2) is 10.4 Å². The van der Waals surface area contributed by atoms with Crippen molar-refractivity contribution in [3.8, 4) is 0 Å². The van der Waals surface area contributed by atoms with E-state index in [9.17, 15) is 13.9 Å². The highest BCUT2D eigenvalue weighted by Crippen LogP contribution is 2.38. The fourth-order valence-electron chi connectivity index (χ4n) is 1.60. The Morgan fingerprint density at radius 2 is 2.14 bits per heavy atom. The van der Waals surface area contributed by atoms with Crippen LogP contribution in [-0.2, 0) is 5.75 Å². The lowest BCUT2D eigenvalue weighted by atomic mass is 10.00. The second-order valence-electron chi connectivity index (χ2n) is 3.42. The Balaban J connectivity index is 2.54. The number of halogens is 2. The second-order valence-corrected chi connectivity index (χ2v) is 4.78. The van der Waals surface area contributed by atoms with Gasteiger partial charge in [-0.1, -0.05) is 6.92 Å². The Morgan fingerprint density at radius 1 is 1.43 bits per heavy atom. The molecule has 1 nitrogen and oxygen atoms in total. The summed E-state index contributed by atoms with van der Waals surface area (Å²) in [4.78, 5) is 0. The average molecular weight is 216 g/mol. The van der Waals surface area contributed by atoms with Gasteiger partial charge in [-0.05, 0) is 11.6 Å². The average Bonchev–Trinajstić information content (AvgIpc) is 2.12. The van der Waals surface area contributed by atoms with Gasteiger partial charge in [-0.2, -0.15) is 11.8 Å². The van der Waals surface area contributed by atoms with Gasteiger partial charge in [-0.25, -0.2) is 8.78 Å². The van der Waals surface area contributed by atoms with Gasteiger partial charge in [0.25, 0.3) is 0 Å². The summed E-state index contributed by atoms with van der Waals surface area (Å²) in [6.07, 6.45) is -0.769. The molecule has 0 saturated carbocycles. The van der Waals surface area contributed by atoms with Crippen LogP contribution in [0, 0.1) is 11.6 Å². The third-order valence-electron chi connectivity index (χ3n) is 2.45. The number of hydrogen-bond donors (Lipinski definition) is 1. The third-order valence-corrected chi connectivity index (χ3v) is 3.69. The number of aliphatic hydroxyl groups excluding tert-OH is 1. The molecule has 0 radical (unpaired) electrons. The second kappa shape index (κ2) is 3.51. The maximum atomic E-state index is 13.3. The molecule has 4 heteroatoms. The van der Waals surface area contributed by atoms with E-state index in [0.29, 0.717) is 16.9 Å². The van der Waals surface area contributed by atoms with Gasteiger partial charge < -0.3 is 5.11 Å². The third kappa shape index (κ3) is 1.53. The summed E-state index contributed by atoms with van der Waals surface area (Å²) in [6, 6.07) is 2.08. The van der Waals surface area contributed by atoms with Crippen molar-refractivity contribution >= 4 is 11.8 Å². The smallest absolute Gasteiger partial charge is 0.130 e. The number of thioether (sulfide) groups is 1. The molecule has 1 aliphatic rings. The molecule has 0 saturated heterocycles. The van der Waals surface area contributed by atoms with Gasteiger partial charge in [0.15, 0.2) is 0 Å². The minimum atomic E-state index is -0.769. The normalized spacial score (nSPS) is 26.0. The van der Waals surface area contributed by atoms with Crippen molar-refractivity contribution in [1.82, 2.24) is 0 Å². The lowest BCUT2D eigenvalue weighted by Gasteiger charge is -2.27. The molecule has 76 valence electrons. The molecule has 14 heavy (non-hydrogen) atoms. The maximum Gasteiger partial charge on any atom is 0.130 e. The molecule has 1 N–H and O–H groups in total. The van der Waals surface area contributed by atoms with Crippen LogP contribution >= 0.6 is 11.8 Å². The van der Waals surface area contributed by atoms with Gasteiger partial charge >= 0.3 is 0 Å². The molecule has 1 aliphatic heterocycles. The molecule has 0 aromatic heterocycles. The van der Waals surface area contributed by atoms with Gasteiger partial charge in [-0.15, -0.1) is 0 Å². The van der Waals surface area contributed by atoms with Crippen molar-refractivity contribution in [3.63, 3.8) is 0 Å². The predicted molar refractivity (Wildman–Crippen MR) is 52.1 cm³/mol. The van der Waals surface area contributed by atoms with E-state index in [4.69, 9.17) is 0 Å². The Morgan fingerprint density at radius 3 is 2.86 bits per heavy atom. The first kappa shape index (κ1) is 9.93. The van der Waals surface area contributed by atoms with Gasteiger partial charge in [0.05, 0.1) is 6.10 Å². The summed E-state index contributed by atoms with van der Waals surface area (Å²) in [6.45, 7) is 1.85. The summed E-state index contributed by atoms with van der Waals surface area (Å²) in [7, 11) is 0. The van der Waals surface area contributed by atoms with Crippen LogP contribution in [0.25, 0.3) is 0 Å². The Bertz CT molecular complexity index is 367. The highest BCUT2D eigenvalue weighted by atomic mass is 32.2. The molecule has 2 unspecified atom stereocenters. The molecule has 0 amide bonds. The zero-order valence-corrected chi connectivity index (χ0v) is 8.44. The molecule has 0 aliphatic carbocycles. The number of benzene rings is 1. The lowest BCUT2D eigenvalue weighted by Crippen LogP contribution is -2.19. The van der Waals surface area contributed by atoms with Gasteiger partial charge in [0.2, 0.25) is 0 Å². The van der Waals surface area contributed by atoms with Crippen LogP contribution in [0.2, 0.25) is 0 Å². The molecule has 2 rings (SSSR count). The molecular weight excluding hydrogens is 206 g/mol. The van der Waals surface area contributed by atoms with Gasteiger partial charge in [-0.3, -0.25) is 0 Å². The first-order valence-electron chi connectivity index (χ1n) is 4.37.